The molecule has 0 saturated heterocycles. The van der Waals surface area contributed by atoms with Crippen molar-refractivity contribution in [1.82, 2.24) is 9.71 Å². The number of rotatable bonds is 5. The molecule has 1 unspecified atom stereocenters. The van der Waals surface area contributed by atoms with Crippen molar-refractivity contribution in [2.24, 2.45) is 11.7 Å². The van der Waals surface area contributed by atoms with Crippen molar-refractivity contribution in [3.8, 4) is 0 Å². The molecule has 1 heterocycles. The Bertz CT molecular complexity index is 738. The normalized spacial score (nSPS) is 13.2. The second-order valence-electron chi connectivity index (χ2n) is 4.53. The average molecular weight is 292 g/mol. The van der Waals surface area contributed by atoms with E-state index in [1.54, 1.807) is 37.4 Å². The van der Waals surface area contributed by atoms with Crippen LogP contribution in [0.2, 0.25) is 0 Å². The van der Waals surface area contributed by atoms with Gasteiger partial charge in [-0.15, -0.1) is 0 Å². The minimum atomic E-state index is -3.66. The number of hydrogen-bond donors (Lipinski definition) is 3. The van der Waals surface area contributed by atoms with Crippen LogP contribution in [-0.4, -0.2) is 25.8 Å². The van der Waals surface area contributed by atoms with E-state index < -0.39 is 10.0 Å². The third kappa shape index (κ3) is 2.94. The molecule has 1 aromatic carbocycles. The van der Waals surface area contributed by atoms with Gasteiger partial charge in [-0.25, -0.2) is 13.1 Å². The van der Waals surface area contributed by atoms with Gasteiger partial charge in [-0.3, -0.25) is 10.4 Å². The Balaban J connectivity index is 2.35. The van der Waals surface area contributed by atoms with Gasteiger partial charge in [-0.05, 0) is 24.3 Å². The van der Waals surface area contributed by atoms with E-state index in [1.165, 1.54) is 6.07 Å². The van der Waals surface area contributed by atoms with Gasteiger partial charge in [0.25, 0.3) is 0 Å². The average Bonchev–Trinajstić information content (AvgIpc) is 2.44. The van der Waals surface area contributed by atoms with Gasteiger partial charge in [0.05, 0.1) is 16.2 Å². The zero-order valence-electron chi connectivity index (χ0n) is 11.0. The van der Waals surface area contributed by atoms with Crippen molar-refractivity contribution in [2.45, 2.75) is 11.8 Å². The van der Waals surface area contributed by atoms with Crippen molar-refractivity contribution in [1.29, 1.82) is 5.41 Å². The molecule has 0 amide bonds. The summed E-state index contributed by atoms with van der Waals surface area (Å²) < 4.78 is 27.1. The van der Waals surface area contributed by atoms with E-state index in [-0.39, 0.29) is 23.2 Å². The number of aromatic nitrogens is 1. The lowest BCUT2D eigenvalue weighted by Gasteiger charge is -2.12. The molecule has 0 radical (unpaired) electrons. The van der Waals surface area contributed by atoms with E-state index in [0.717, 1.165) is 0 Å². The monoisotopic (exact) mass is 292 g/mol. The van der Waals surface area contributed by atoms with Gasteiger partial charge in [0, 0.05) is 24.0 Å². The van der Waals surface area contributed by atoms with Gasteiger partial charge in [0.15, 0.2) is 0 Å². The number of sulfonamides is 1. The second-order valence-corrected chi connectivity index (χ2v) is 6.27. The fraction of sp³-hybridized carbons (Fsp3) is 0.231. The van der Waals surface area contributed by atoms with Crippen LogP contribution in [0.25, 0.3) is 10.9 Å². The summed E-state index contributed by atoms with van der Waals surface area (Å²) >= 11 is 0. The fourth-order valence-electron chi connectivity index (χ4n) is 1.73. The van der Waals surface area contributed by atoms with Gasteiger partial charge in [0.1, 0.15) is 0 Å². The highest BCUT2D eigenvalue weighted by Crippen LogP contribution is 2.20. The van der Waals surface area contributed by atoms with Gasteiger partial charge in [-0.1, -0.05) is 13.0 Å². The molecule has 2 rings (SSSR count). The molecule has 106 valence electrons. The summed E-state index contributed by atoms with van der Waals surface area (Å²) in [5, 5.41) is 7.84. The number of benzene rings is 1. The first kappa shape index (κ1) is 14.4. The van der Waals surface area contributed by atoms with Crippen molar-refractivity contribution in [2.75, 3.05) is 6.54 Å². The predicted octanol–water partition coefficient (Wildman–Crippen LogP) is 1.09. The van der Waals surface area contributed by atoms with E-state index in [1.807, 2.05) is 0 Å². The van der Waals surface area contributed by atoms with E-state index in [2.05, 4.69) is 9.71 Å². The number of hydrogen-bond acceptors (Lipinski definition) is 4. The van der Waals surface area contributed by atoms with Crippen molar-refractivity contribution < 1.29 is 8.42 Å². The minimum Gasteiger partial charge on any atom is -0.387 e. The molecule has 4 N–H and O–H groups in total. The van der Waals surface area contributed by atoms with Crippen LogP contribution in [0.1, 0.15) is 6.92 Å². The lowest BCUT2D eigenvalue weighted by Crippen LogP contribution is -2.34. The number of pyridine rings is 1. The summed E-state index contributed by atoms with van der Waals surface area (Å²) in [5.41, 5.74) is 5.95. The van der Waals surface area contributed by atoms with Crippen LogP contribution < -0.4 is 10.5 Å². The number of fused-ring (bicyclic) bond motifs is 1. The second kappa shape index (κ2) is 5.56. The Morgan fingerprint density at radius 1 is 1.40 bits per heavy atom. The summed E-state index contributed by atoms with van der Waals surface area (Å²) in [6, 6.07) is 8.35. The highest BCUT2D eigenvalue weighted by Gasteiger charge is 2.18. The first-order valence-corrected chi connectivity index (χ1v) is 7.57. The third-order valence-electron chi connectivity index (χ3n) is 3.01. The summed E-state index contributed by atoms with van der Waals surface area (Å²) in [6.45, 7) is 1.78. The maximum Gasteiger partial charge on any atom is 0.241 e. The topological polar surface area (TPSA) is 109 Å². The quantitative estimate of drug-likeness (QED) is 0.566. The van der Waals surface area contributed by atoms with Gasteiger partial charge >= 0.3 is 0 Å². The summed E-state index contributed by atoms with van der Waals surface area (Å²) in [5.74, 6) is -0.398. The highest BCUT2D eigenvalue weighted by atomic mass is 32.2. The molecule has 0 aliphatic rings. The zero-order valence-corrected chi connectivity index (χ0v) is 11.8. The zero-order chi connectivity index (χ0) is 14.8. The summed E-state index contributed by atoms with van der Waals surface area (Å²) in [7, 11) is -3.66. The summed E-state index contributed by atoms with van der Waals surface area (Å²) in [6.07, 6.45) is 1.62. The first-order valence-electron chi connectivity index (χ1n) is 6.09. The molecule has 0 bridgehead atoms. The Kier molecular flexibility index (Phi) is 4.01. The number of nitrogens with zero attached hydrogens (tertiary/aromatic N) is 1. The maximum absolute atomic E-state index is 12.3. The lowest BCUT2D eigenvalue weighted by atomic mass is 10.2. The number of nitrogens with two attached hydrogens (primary N) is 1. The molecule has 0 saturated carbocycles. The SMILES string of the molecule is CC(CNS(=O)(=O)c1cccc2ncccc12)C(=N)N. The van der Waals surface area contributed by atoms with Crippen LogP contribution in [0, 0.1) is 11.3 Å². The van der Waals surface area contributed by atoms with Gasteiger partial charge < -0.3 is 5.73 Å². The van der Waals surface area contributed by atoms with Crippen molar-refractivity contribution in [3.05, 3.63) is 36.5 Å². The predicted molar refractivity (Wildman–Crippen MR) is 78.0 cm³/mol. The summed E-state index contributed by atoms with van der Waals surface area (Å²) in [4.78, 5) is 4.31. The van der Waals surface area contributed by atoms with Crippen LogP contribution >= 0.6 is 0 Å². The lowest BCUT2D eigenvalue weighted by molar-refractivity contribution is 0.575. The molecule has 0 aliphatic carbocycles. The van der Waals surface area contributed by atoms with Crippen LogP contribution in [-0.2, 0) is 10.0 Å². The van der Waals surface area contributed by atoms with Crippen molar-refractivity contribution in [3.63, 3.8) is 0 Å². The molecule has 1 atom stereocenters. The standard InChI is InChI=1S/C13H16N4O2S/c1-9(13(14)15)8-17-20(18,19)12-6-2-5-11-10(12)4-3-7-16-11/h2-7,9,17H,8H2,1H3,(H3,14,15). The van der Waals surface area contributed by atoms with Crippen LogP contribution in [0.4, 0.5) is 0 Å². The van der Waals surface area contributed by atoms with Gasteiger partial charge in [0.2, 0.25) is 10.0 Å². The van der Waals surface area contributed by atoms with E-state index in [0.29, 0.717) is 10.9 Å². The van der Waals surface area contributed by atoms with Crippen molar-refractivity contribution >= 4 is 26.8 Å². The van der Waals surface area contributed by atoms with E-state index in [4.69, 9.17) is 11.1 Å². The van der Waals surface area contributed by atoms with Crippen LogP contribution in [0.5, 0.6) is 0 Å². The third-order valence-corrected chi connectivity index (χ3v) is 4.49. The molecule has 0 fully saturated rings. The Hall–Kier alpha value is -1.99. The Morgan fingerprint density at radius 2 is 2.15 bits per heavy atom. The van der Waals surface area contributed by atoms with Crippen LogP contribution in [0.3, 0.4) is 0 Å². The highest BCUT2D eigenvalue weighted by molar-refractivity contribution is 7.89. The smallest absolute Gasteiger partial charge is 0.241 e. The Morgan fingerprint density at radius 3 is 2.85 bits per heavy atom. The molecule has 20 heavy (non-hydrogen) atoms. The molecule has 7 heteroatoms. The molecule has 2 aromatic rings. The minimum absolute atomic E-state index is 0.0488. The molecule has 0 aliphatic heterocycles. The van der Waals surface area contributed by atoms with E-state index in [9.17, 15) is 8.42 Å². The maximum atomic E-state index is 12.3. The fourth-order valence-corrected chi connectivity index (χ4v) is 3.08. The largest absolute Gasteiger partial charge is 0.387 e. The molecule has 6 nitrogen and oxygen atoms in total. The molecular weight excluding hydrogens is 276 g/mol. The van der Waals surface area contributed by atoms with Gasteiger partial charge in [-0.2, -0.15) is 0 Å². The van der Waals surface area contributed by atoms with Crippen LogP contribution in [0.15, 0.2) is 41.4 Å². The number of nitrogens with one attached hydrogen (secondary N) is 2. The molecule has 0 spiro atoms. The molecule has 1 aromatic heterocycles. The first-order chi connectivity index (χ1) is 9.42. The van der Waals surface area contributed by atoms with E-state index >= 15 is 0 Å². The number of amidine groups is 1. The Labute approximate surface area is 117 Å². The molecular formula is C13H16N4O2S.